The molecule has 3 nitrogen and oxygen atoms in total. The van der Waals surface area contributed by atoms with Crippen LogP contribution < -0.4 is 0 Å². The molecule has 0 N–H and O–H groups in total. The molecule has 14 heavy (non-hydrogen) atoms. The van der Waals surface area contributed by atoms with E-state index in [4.69, 9.17) is 9.47 Å². The number of methoxy groups -OCH3 is 1. The fraction of sp³-hybridized carbons (Fsp3) is 0.909. The third-order valence-electron chi connectivity index (χ3n) is 1.95. The Balaban J connectivity index is 3.73. The lowest BCUT2D eigenvalue weighted by Crippen LogP contribution is -2.26. The van der Waals surface area contributed by atoms with Crippen molar-refractivity contribution in [3.8, 4) is 0 Å². The summed E-state index contributed by atoms with van der Waals surface area (Å²) in [5.41, 5.74) is -0.239. The van der Waals surface area contributed by atoms with Crippen molar-refractivity contribution in [1.29, 1.82) is 0 Å². The van der Waals surface area contributed by atoms with Gasteiger partial charge < -0.3 is 9.47 Å². The quantitative estimate of drug-likeness (QED) is 0.661. The molecular weight excluding hydrogens is 180 g/mol. The molecule has 1 unspecified atom stereocenters. The highest BCUT2D eigenvalue weighted by Crippen LogP contribution is 2.09. The van der Waals surface area contributed by atoms with Gasteiger partial charge in [-0.05, 0) is 27.2 Å². The maximum absolute atomic E-state index is 11.5. The molecule has 0 amide bonds. The highest BCUT2D eigenvalue weighted by atomic mass is 16.5. The van der Waals surface area contributed by atoms with E-state index in [1.807, 2.05) is 27.7 Å². The first-order chi connectivity index (χ1) is 6.37. The van der Waals surface area contributed by atoms with Crippen LogP contribution in [0.2, 0.25) is 0 Å². The minimum Gasteiger partial charge on any atom is -0.385 e. The molecule has 0 aromatic carbocycles. The van der Waals surface area contributed by atoms with Gasteiger partial charge in [-0.25, -0.2) is 0 Å². The molecule has 0 spiro atoms. The number of carbonyl (C=O) groups excluding carboxylic acids is 1. The average molecular weight is 202 g/mol. The van der Waals surface area contributed by atoms with Gasteiger partial charge in [-0.15, -0.1) is 0 Å². The van der Waals surface area contributed by atoms with Crippen molar-refractivity contribution in [3.05, 3.63) is 0 Å². The smallest absolute Gasteiger partial charge is 0.161 e. The molecule has 1 atom stereocenters. The second-order valence-corrected chi connectivity index (χ2v) is 4.55. The predicted octanol–water partition coefficient (Wildman–Crippen LogP) is 2.04. The van der Waals surface area contributed by atoms with Gasteiger partial charge >= 0.3 is 0 Å². The van der Waals surface area contributed by atoms with E-state index >= 15 is 0 Å². The summed E-state index contributed by atoms with van der Waals surface area (Å²) in [6.45, 7) is 8.57. The topological polar surface area (TPSA) is 35.5 Å². The van der Waals surface area contributed by atoms with E-state index in [9.17, 15) is 4.79 Å². The number of ether oxygens (including phenoxy) is 2. The van der Waals surface area contributed by atoms with E-state index < -0.39 is 0 Å². The second kappa shape index (κ2) is 6.14. The molecule has 84 valence electrons. The van der Waals surface area contributed by atoms with Gasteiger partial charge in [0, 0.05) is 19.6 Å². The van der Waals surface area contributed by atoms with Crippen LogP contribution in [0.4, 0.5) is 0 Å². The Kier molecular flexibility index (Phi) is 5.96. The Morgan fingerprint density at radius 2 is 1.93 bits per heavy atom. The van der Waals surface area contributed by atoms with Gasteiger partial charge in [-0.3, -0.25) is 4.79 Å². The first-order valence-corrected chi connectivity index (χ1v) is 5.02. The van der Waals surface area contributed by atoms with E-state index in [0.29, 0.717) is 6.61 Å². The van der Waals surface area contributed by atoms with Gasteiger partial charge in [0.05, 0.1) is 5.60 Å². The Labute approximate surface area is 86.8 Å². The Morgan fingerprint density at radius 1 is 1.36 bits per heavy atom. The maximum atomic E-state index is 11.5. The maximum Gasteiger partial charge on any atom is 0.161 e. The lowest BCUT2D eigenvalue weighted by Gasteiger charge is -2.20. The molecule has 0 aliphatic rings. The van der Waals surface area contributed by atoms with Crippen molar-refractivity contribution in [2.45, 2.75) is 39.7 Å². The van der Waals surface area contributed by atoms with Crippen LogP contribution in [-0.2, 0) is 14.3 Å². The number of Topliss-reactive ketones (excluding diaryl/α,β-unsaturated/α-hetero) is 1. The molecule has 0 fully saturated rings. The minimum absolute atomic E-state index is 0.0253. The summed E-state index contributed by atoms with van der Waals surface area (Å²) in [6, 6.07) is 0. The molecule has 0 heterocycles. The van der Waals surface area contributed by atoms with E-state index in [1.54, 1.807) is 7.11 Å². The molecule has 0 saturated carbocycles. The Hall–Kier alpha value is -0.410. The Morgan fingerprint density at radius 3 is 2.36 bits per heavy atom. The van der Waals surface area contributed by atoms with E-state index in [1.165, 1.54) is 0 Å². The molecule has 0 aliphatic heterocycles. The van der Waals surface area contributed by atoms with Gasteiger partial charge in [0.15, 0.2) is 5.78 Å². The lowest BCUT2D eigenvalue weighted by atomic mass is 10.0. The standard InChI is InChI=1S/C11H22O3/c1-9(6-7-13-5)10(12)8-14-11(2,3)4/h9H,6-8H2,1-5H3. The molecule has 0 saturated heterocycles. The zero-order valence-electron chi connectivity index (χ0n) is 9.92. The molecule has 0 aromatic heterocycles. The Bertz CT molecular complexity index is 170. The number of ketones is 1. The van der Waals surface area contributed by atoms with Gasteiger partial charge in [-0.2, -0.15) is 0 Å². The zero-order valence-corrected chi connectivity index (χ0v) is 9.92. The van der Waals surface area contributed by atoms with Crippen LogP contribution in [0.5, 0.6) is 0 Å². The highest BCUT2D eigenvalue weighted by molar-refractivity contribution is 5.81. The average Bonchev–Trinajstić information content (AvgIpc) is 2.09. The summed E-state index contributed by atoms with van der Waals surface area (Å²) < 4.78 is 10.3. The van der Waals surface area contributed by atoms with Crippen LogP contribution in [0.1, 0.15) is 34.1 Å². The molecule has 3 heteroatoms. The predicted molar refractivity (Wildman–Crippen MR) is 56.4 cm³/mol. The number of hydrogen-bond donors (Lipinski definition) is 0. The van der Waals surface area contributed by atoms with Gasteiger partial charge in [0.2, 0.25) is 0 Å². The highest BCUT2D eigenvalue weighted by Gasteiger charge is 2.17. The van der Waals surface area contributed by atoms with Gasteiger partial charge in [0.25, 0.3) is 0 Å². The third-order valence-corrected chi connectivity index (χ3v) is 1.95. The fourth-order valence-electron chi connectivity index (χ4n) is 0.886. The summed E-state index contributed by atoms with van der Waals surface area (Å²) in [5.74, 6) is 0.175. The number of hydrogen-bond acceptors (Lipinski definition) is 3. The first-order valence-electron chi connectivity index (χ1n) is 5.02. The van der Waals surface area contributed by atoms with E-state index in [-0.39, 0.29) is 23.9 Å². The lowest BCUT2D eigenvalue weighted by molar-refractivity contribution is -0.132. The fourth-order valence-corrected chi connectivity index (χ4v) is 0.886. The molecule has 0 radical (unpaired) electrons. The van der Waals surface area contributed by atoms with E-state index in [2.05, 4.69) is 0 Å². The largest absolute Gasteiger partial charge is 0.385 e. The van der Waals surface area contributed by atoms with Crippen LogP contribution in [0.3, 0.4) is 0 Å². The van der Waals surface area contributed by atoms with Gasteiger partial charge in [0.1, 0.15) is 6.61 Å². The normalized spacial score (nSPS) is 14.1. The third kappa shape index (κ3) is 7.04. The number of carbonyl (C=O) groups is 1. The first kappa shape index (κ1) is 13.6. The van der Waals surface area contributed by atoms with Crippen molar-refractivity contribution in [2.24, 2.45) is 5.92 Å². The summed E-state index contributed by atoms with van der Waals surface area (Å²) >= 11 is 0. The van der Waals surface area contributed by atoms with Crippen molar-refractivity contribution in [1.82, 2.24) is 0 Å². The molecule has 0 bridgehead atoms. The van der Waals surface area contributed by atoms with Crippen molar-refractivity contribution in [3.63, 3.8) is 0 Å². The summed E-state index contributed by atoms with van der Waals surface area (Å²) in [7, 11) is 1.64. The van der Waals surface area contributed by atoms with Crippen LogP contribution in [-0.4, -0.2) is 31.7 Å². The summed E-state index contributed by atoms with van der Waals surface area (Å²) in [5, 5.41) is 0. The molecule has 0 aliphatic carbocycles. The van der Waals surface area contributed by atoms with Gasteiger partial charge in [-0.1, -0.05) is 6.92 Å². The minimum atomic E-state index is -0.239. The summed E-state index contributed by atoms with van der Waals surface area (Å²) in [6.07, 6.45) is 0.767. The summed E-state index contributed by atoms with van der Waals surface area (Å²) in [4.78, 5) is 11.5. The van der Waals surface area contributed by atoms with Crippen molar-refractivity contribution < 1.29 is 14.3 Å². The monoisotopic (exact) mass is 202 g/mol. The van der Waals surface area contributed by atoms with E-state index in [0.717, 1.165) is 6.42 Å². The zero-order chi connectivity index (χ0) is 11.2. The molecule has 0 aromatic rings. The van der Waals surface area contributed by atoms with Crippen molar-refractivity contribution in [2.75, 3.05) is 20.3 Å². The molecular formula is C11H22O3. The SMILES string of the molecule is COCCC(C)C(=O)COC(C)(C)C. The van der Waals surface area contributed by atoms with Crippen LogP contribution >= 0.6 is 0 Å². The van der Waals surface area contributed by atoms with Crippen LogP contribution in [0.25, 0.3) is 0 Å². The second-order valence-electron chi connectivity index (χ2n) is 4.55. The van der Waals surface area contributed by atoms with Crippen molar-refractivity contribution >= 4 is 5.78 Å². The number of rotatable bonds is 6. The van der Waals surface area contributed by atoms with Crippen LogP contribution in [0, 0.1) is 5.92 Å². The van der Waals surface area contributed by atoms with Crippen LogP contribution in [0.15, 0.2) is 0 Å². The molecule has 0 rings (SSSR count).